The molecule has 0 heterocycles. The maximum atomic E-state index is 8.47. The maximum Gasteiger partial charge on any atom is 0.121 e. The molecule has 0 aliphatic heterocycles. The van der Waals surface area contributed by atoms with Gasteiger partial charge < -0.3 is 10.1 Å². The summed E-state index contributed by atoms with van der Waals surface area (Å²) >= 11 is 0. The molecule has 0 aromatic heterocycles. The highest BCUT2D eigenvalue weighted by molar-refractivity contribution is 5.48. The van der Waals surface area contributed by atoms with Crippen molar-refractivity contribution in [2.45, 2.75) is 19.4 Å². The van der Waals surface area contributed by atoms with Gasteiger partial charge in [-0.25, -0.2) is 0 Å². The number of benzene rings is 2. The Morgan fingerprint density at radius 2 is 1.90 bits per heavy atom. The Morgan fingerprint density at radius 1 is 1.05 bits per heavy atom. The number of nitrogens with zero attached hydrogens (tertiary/aromatic N) is 1. The Kier molecular flexibility index (Phi) is 5.48. The normalized spacial score (nSPS) is 9.75. The van der Waals surface area contributed by atoms with Crippen molar-refractivity contribution in [3.63, 3.8) is 0 Å². The zero-order valence-electron chi connectivity index (χ0n) is 11.4. The smallest absolute Gasteiger partial charge is 0.121 e. The number of nitrogens with one attached hydrogen (secondary N) is 1. The molecule has 2 aromatic carbocycles. The van der Waals surface area contributed by atoms with Crippen LogP contribution in [0, 0.1) is 11.3 Å². The lowest BCUT2D eigenvalue weighted by atomic mass is 10.2. The summed E-state index contributed by atoms with van der Waals surface area (Å²) in [6.45, 7) is 1.37. The van der Waals surface area contributed by atoms with E-state index in [4.69, 9.17) is 10.00 Å². The number of unbranched alkanes of at least 4 members (excludes halogenated alkanes) is 1. The van der Waals surface area contributed by atoms with Crippen LogP contribution >= 0.6 is 0 Å². The Bertz CT molecular complexity index is 561. The van der Waals surface area contributed by atoms with Crippen LogP contribution in [0.25, 0.3) is 0 Å². The van der Waals surface area contributed by atoms with Crippen molar-refractivity contribution in [2.75, 3.05) is 11.9 Å². The highest BCUT2D eigenvalue weighted by atomic mass is 16.5. The van der Waals surface area contributed by atoms with E-state index >= 15 is 0 Å². The monoisotopic (exact) mass is 266 g/mol. The average Bonchev–Trinajstić information content (AvgIpc) is 2.51. The second-order valence-electron chi connectivity index (χ2n) is 4.48. The molecular weight excluding hydrogens is 248 g/mol. The molecule has 0 saturated carbocycles. The first kappa shape index (κ1) is 14.0. The Hall–Kier alpha value is -2.47. The van der Waals surface area contributed by atoms with Crippen LogP contribution in [0.1, 0.15) is 18.4 Å². The van der Waals surface area contributed by atoms with E-state index < -0.39 is 0 Å². The van der Waals surface area contributed by atoms with Gasteiger partial charge in [0.05, 0.1) is 12.7 Å². The van der Waals surface area contributed by atoms with Gasteiger partial charge in [0.15, 0.2) is 0 Å². The van der Waals surface area contributed by atoms with E-state index in [0.717, 1.165) is 24.4 Å². The van der Waals surface area contributed by atoms with E-state index in [0.29, 0.717) is 13.0 Å². The third-order valence-electron chi connectivity index (χ3n) is 2.88. The SMILES string of the molecule is N#CCCCOc1cccc(NCc2ccccc2)c1. The molecule has 0 radical (unpaired) electrons. The first-order chi connectivity index (χ1) is 9.88. The summed E-state index contributed by atoms with van der Waals surface area (Å²) in [4.78, 5) is 0. The molecule has 0 bridgehead atoms. The van der Waals surface area contributed by atoms with Gasteiger partial charge in [0, 0.05) is 24.7 Å². The summed E-state index contributed by atoms with van der Waals surface area (Å²) < 4.78 is 5.61. The molecule has 0 aliphatic rings. The van der Waals surface area contributed by atoms with Crippen LogP contribution in [0.15, 0.2) is 54.6 Å². The van der Waals surface area contributed by atoms with E-state index in [1.54, 1.807) is 0 Å². The van der Waals surface area contributed by atoms with Crippen molar-refractivity contribution in [3.8, 4) is 11.8 Å². The molecule has 0 spiro atoms. The molecular formula is C17H18N2O. The summed E-state index contributed by atoms with van der Waals surface area (Å²) in [6, 6.07) is 20.3. The number of ether oxygens (including phenoxy) is 1. The summed E-state index contributed by atoms with van der Waals surface area (Å²) in [7, 11) is 0. The largest absolute Gasteiger partial charge is 0.493 e. The second-order valence-corrected chi connectivity index (χ2v) is 4.48. The van der Waals surface area contributed by atoms with Gasteiger partial charge in [0.1, 0.15) is 5.75 Å². The van der Waals surface area contributed by atoms with Gasteiger partial charge in [-0.2, -0.15) is 5.26 Å². The molecule has 3 nitrogen and oxygen atoms in total. The minimum atomic E-state index is 0.534. The predicted molar refractivity (Wildman–Crippen MR) is 80.6 cm³/mol. The quantitative estimate of drug-likeness (QED) is 0.771. The van der Waals surface area contributed by atoms with Crippen molar-refractivity contribution >= 4 is 5.69 Å². The average molecular weight is 266 g/mol. The highest BCUT2D eigenvalue weighted by Crippen LogP contribution is 2.18. The van der Waals surface area contributed by atoms with Crippen molar-refractivity contribution < 1.29 is 4.74 Å². The predicted octanol–water partition coefficient (Wildman–Crippen LogP) is 3.98. The summed E-state index contributed by atoms with van der Waals surface area (Å²) in [5.41, 5.74) is 2.28. The zero-order valence-corrected chi connectivity index (χ0v) is 11.4. The Labute approximate surface area is 119 Å². The molecule has 3 heteroatoms. The first-order valence-electron chi connectivity index (χ1n) is 6.76. The van der Waals surface area contributed by atoms with Gasteiger partial charge in [0.25, 0.3) is 0 Å². The molecule has 0 amide bonds. The molecule has 2 aromatic rings. The van der Waals surface area contributed by atoms with E-state index in [-0.39, 0.29) is 0 Å². The minimum Gasteiger partial charge on any atom is -0.493 e. The van der Waals surface area contributed by atoms with Crippen LogP contribution in [0.5, 0.6) is 5.75 Å². The first-order valence-corrected chi connectivity index (χ1v) is 6.76. The van der Waals surface area contributed by atoms with Crippen molar-refractivity contribution in [1.82, 2.24) is 0 Å². The maximum absolute atomic E-state index is 8.47. The lowest BCUT2D eigenvalue weighted by Crippen LogP contribution is -2.00. The summed E-state index contributed by atoms with van der Waals surface area (Å²) in [5.74, 6) is 0.834. The van der Waals surface area contributed by atoms with Crippen LogP contribution < -0.4 is 10.1 Å². The van der Waals surface area contributed by atoms with E-state index in [1.807, 2.05) is 42.5 Å². The highest BCUT2D eigenvalue weighted by Gasteiger charge is 1.97. The fraction of sp³-hybridized carbons (Fsp3) is 0.235. The second kappa shape index (κ2) is 7.85. The number of rotatable bonds is 7. The fourth-order valence-electron chi connectivity index (χ4n) is 1.84. The molecule has 0 aliphatic carbocycles. The number of hydrogen-bond donors (Lipinski definition) is 1. The molecule has 2 rings (SSSR count). The topological polar surface area (TPSA) is 45.0 Å². The van der Waals surface area contributed by atoms with E-state index in [1.165, 1.54) is 5.56 Å². The minimum absolute atomic E-state index is 0.534. The van der Waals surface area contributed by atoms with Gasteiger partial charge in [-0.05, 0) is 24.1 Å². The van der Waals surface area contributed by atoms with Crippen molar-refractivity contribution in [2.24, 2.45) is 0 Å². The molecule has 0 unspecified atom stereocenters. The molecule has 20 heavy (non-hydrogen) atoms. The zero-order chi connectivity index (χ0) is 14.0. The van der Waals surface area contributed by atoms with Gasteiger partial charge in [-0.15, -0.1) is 0 Å². The molecule has 0 fully saturated rings. The van der Waals surface area contributed by atoms with Crippen LogP contribution in [0.2, 0.25) is 0 Å². The fourth-order valence-corrected chi connectivity index (χ4v) is 1.84. The van der Waals surface area contributed by atoms with Crippen LogP contribution in [-0.4, -0.2) is 6.61 Å². The molecule has 102 valence electrons. The van der Waals surface area contributed by atoms with Gasteiger partial charge >= 0.3 is 0 Å². The van der Waals surface area contributed by atoms with Crippen LogP contribution in [-0.2, 0) is 6.54 Å². The summed E-state index contributed by atoms with van der Waals surface area (Å²) in [5, 5.41) is 11.8. The molecule has 1 N–H and O–H groups in total. The van der Waals surface area contributed by atoms with E-state index in [2.05, 4.69) is 23.5 Å². The lowest BCUT2D eigenvalue weighted by molar-refractivity contribution is 0.313. The van der Waals surface area contributed by atoms with E-state index in [9.17, 15) is 0 Å². The standard InChI is InChI=1S/C17H18N2O/c18-11-4-5-12-20-17-10-6-9-16(13-17)19-14-15-7-2-1-3-8-15/h1-3,6-10,13,19H,4-5,12,14H2. The molecule has 0 atom stereocenters. The molecule has 0 saturated heterocycles. The van der Waals surface area contributed by atoms with Gasteiger partial charge in [-0.1, -0.05) is 36.4 Å². The van der Waals surface area contributed by atoms with Crippen molar-refractivity contribution in [1.29, 1.82) is 5.26 Å². The van der Waals surface area contributed by atoms with Crippen molar-refractivity contribution in [3.05, 3.63) is 60.2 Å². The van der Waals surface area contributed by atoms with Gasteiger partial charge in [-0.3, -0.25) is 0 Å². The Balaban J connectivity index is 1.85. The Morgan fingerprint density at radius 3 is 2.70 bits per heavy atom. The van der Waals surface area contributed by atoms with Gasteiger partial charge in [0.2, 0.25) is 0 Å². The summed E-state index contributed by atoms with van der Waals surface area (Å²) in [6.07, 6.45) is 1.30. The third kappa shape index (κ3) is 4.66. The number of hydrogen-bond acceptors (Lipinski definition) is 3. The number of nitriles is 1. The third-order valence-corrected chi connectivity index (χ3v) is 2.88. The van der Waals surface area contributed by atoms with Crippen LogP contribution in [0.3, 0.4) is 0 Å². The van der Waals surface area contributed by atoms with Crippen LogP contribution in [0.4, 0.5) is 5.69 Å². The lowest BCUT2D eigenvalue weighted by Gasteiger charge is -2.09. The number of anilines is 1.